The molecule has 22 heavy (non-hydrogen) atoms. The van der Waals surface area contributed by atoms with Crippen molar-refractivity contribution in [3.8, 4) is 6.07 Å². The van der Waals surface area contributed by atoms with E-state index in [4.69, 9.17) is 4.74 Å². The van der Waals surface area contributed by atoms with Crippen LogP contribution in [0.15, 0.2) is 4.99 Å². The zero-order valence-electron chi connectivity index (χ0n) is 13.6. The quantitative estimate of drug-likeness (QED) is 0.410. The van der Waals surface area contributed by atoms with E-state index in [1.54, 1.807) is 7.05 Å². The largest absolute Gasteiger partial charge is 0.377 e. The Kier molecular flexibility index (Phi) is 5.59. The van der Waals surface area contributed by atoms with Gasteiger partial charge in [0.15, 0.2) is 5.96 Å². The molecule has 5 unspecified atom stereocenters. The third-order valence-electron chi connectivity index (χ3n) is 5.62. The molecule has 2 saturated carbocycles. The van der Waals surface area contributed by atoms with E-state index in [1.165, 1.54) is 0 Å². The standard InChI is InChI=1S/C16H26N4O.HI/c1-16(2)13(11-7-8-21-14(11)16)20-15(18-3)19-12-6-4-5-10(12)9-17;/h10-14H,4-8H2,1-3H3,(H2,18,19,20);1H. The first kappa shape index (κ1) is 17.8. The van der Waals surface area contributed by atoms with Crippen molar-refractivity contribution >= 4 is 29.9 Å². The lowest BCUT2D eigenvalue weighted by atomic mass is 9.57. The van der Waals surface area contributed by atoms with Crippen LogP contribution in [0.4, 0.5) is 0 Å². The molecule has 3 rings (SSSR count). The third kappa shape index (κ3) is 2.94. The number of aliphatic imine (C=N–C) groups is 1. The van der Waals surface area contributed by atoms with Crippen molar-refractivity contribution in [2.45, 2.75) is 57.7 Å². The first-order valence-electron chi connectivity index (χ1n) is 8.09. The van der Waals surface area contributed by atoms with Crippen molar-refractivity contribution in [2.75, 3.05) is 13.7 Å². The normalized spacial score (nSPS) is 39.2. The Labute approximate surface area is 150 Å². The Morgan fingerprint density at radius 2 is 2.05 bits per heavy atom. The second-order valence-corrected chi connectivity index (χ2v) is 7.18. The molecule has 0 spiro atoms. The van der Waals surface area contributed by atoms with Gasteiger partial charge in [-0.05, 0) is 25.7 Å². The number of hydrogen-bond acceptors (Lipinski definition) is 3. The van der Waals surface area contributed by atoms with E-state index in [0.717, 1.165) is 38.2 Å². The maximum Gasteiger partial charge on any atom is 0.191 e. The molecule has 1 saturated heterocycles. The van der Waals surface area contributed by atoms with Crippen LogP contribution in [0.5, 0.6) is 0 Å². The molecule has 3 fully saturated rings. The lowest BCUT2D eigenvalue weighted by molar-refractivity contribution is -0.106. The monoisotopic (exact) mass is 418 g/mol. The smallest absolute Gasteiger partial charge is 0.191 e. The molecule has 5 atom stereocenters. The number of guanidine groups is 1. The SMILES string of the molecule is CN=C(NC1CCCC1C#N)NC1C2CCOC2C1(C)C.I. The van der Waals surface area contributed by atoms with Gasteiger partial charge in [-0.1, -0.05) is 13.8 Å². The number of nitrogens with zero attached hydrogens (tertiary/aromatic N) is 2. The third-order valence-corrected chi connectivity index (χ3v) is 5.62. The summed E-state index contributed by atoms with van der Waals surface area (Å²) in [6.07, 6.45) is 4.69. The predicted molar refractivity (Wildman–Crippen MR) is 97.2 cm³/mol. The lowest BCUT2D eigenvalue weighted by Crippen LogP contribution is -2.68. The molecule has 124 valence electrons. The molecule has 0 radical (unpaired) electrons. The highest BCUT2D eigenvalue weighted by Crippen LogP contribution is 2.52. The summed E-state index contributed by atoms with van der Waals surface area (Å²) in [6.45, 7) is 5.40. The molecule has 5 nitrogen and oxygen atoms in total. The minimum atomic E-state index is 0. The summed E-state index contributed by atoms with van der Waals surface area (Å²) < 4.78 is 5.84. The number of nitrogens with one attached hydrogen (secondary N) is 2. The number of hydrogen-bond donors (Lipinski definition) is 2. The second-order valence-electron chi connectivity index (χ2n) is 7.18. The van der Waals surface area contributed by atoms with E-state index in [-0.39, 0.29) is 41.4 Å². The molecule has 2 N–H and O–H groups in total. The van der Waals surface area contributed by atoms with Crippen LogP contribution in [-0.2, 0) is 4.74 Å². The molecule has 0 aromatic heterocycles. The van der Waals surface area contributed by atoms with E-state index in [9.17, 15) is 5.26 Å². The van der Waals surface area contributed by atoms with Gasteiger partial charge in [-0.25, -0.2) is 0 Å². The van der Waals surface area contributed by atoms with E-state index in [2.05, 4.69) is 35.5 Å². The molecule has 2 aliphatic carbocycles. The molecule has 1 heterocycles. The predicted octanol–water partition coefficient (Wildman–Crippen LogP) is 2.28. The number of rotatable bonds is 2. The summed E-state index contributed by atoms with van der Waals surface area (Å²) >= 11 is 0. The molecule has 0 amide bonds. The van der Waals surface area contributed by atoms with Crippen molar-refractivity contribution in [2.24, 2.45) is 22.2 Å². The summed E-state index contributed by atoms with van der Waals surface area (Å²) in [6, 6.07) is 3.05. The highest BCUT2D eigenvalue weighted by atomic mass is 127. The van der Waals surface area contributed by atoms with Crippen molar-refractivity contribution in [3.63, 3.8) is 0 Å². The number of ether oxygens (including phenoxy) is 1. The molecule has 3 aliphatic rings. The molecule has 1 aliphatic heterocycles. The Bertz CT molecular complexity index is 473. The maximum absolute atomic E-state index is 9.20. The van der Waals surface area contributed by atoms with Gasteiger partial charge >= 0.3 is 0 Å². The van der Waals surface area contributed by atoms with Crippen molar-refractivity contribution in [1.82, 2.24) is 10.6 Å². The molecule has 0 aromatic rings. The Balaban J connectivity index is 0.00000176. The molecule has 0 aromatic carbocycles. The number of fused-ring (bicyclic) bond motifs is 1. The van der Waals surface area contributed by atoms with Crippen molar-refractivity contribution < 1.29 is 4.74 Å². The van der Waals surface area contributed by atoms with E-state index in [1.807, 2.05) is 0 Å². The lowest BCUT2D eigenvalue weighted by Gasteiger charge is -2.55. The maximum atomic E-state index is 9.20. The number of halogens is 1. The summed E-state index contributed by atoms with van der Waals surface area (Å²) in [5.74, 6) is 1.54. The molecular weight excluding hydrogens is 391 g/mol. The average Bonchev–Trinajstić information content (AvgIpc) is 3.10. The van der Waals surface area contributed by atoms with Gasteiger partial charge in [0.2, 0.25) is 0 Å². The van der Waals surface area contributed by atoms with Crippen LogP contribution in [0.3, 0.4) is 0 Å². The zero-order chi connectivity index (χ0) is 15.0. The Hall–Kier alpha value is -0.550. The van der Waals surface area contributed by atoms with Gasteiger partial charge in [0.1, 0.15) is 0 Å². The fourth-order valence-corrected chi connectivity index (χ4v) is 4.40. The highest BCUT2D eigenvalue weighted by Gasteiger charge is 2.59. The van der Waals surface area contributed by atoms with Crippen molar-refractivity contribution in [3.05, 3.63) is 0 Å². The fourth-order valence-electron chi connectivity index (χ4n) is 4.40. The second kappa shape index (κ2) is 6.91. The number of nitriles is 1. The fraction of sp³-hybridized carbons (Fsp3) is 0.875. The average molecular weight is 418 g/mol. The summed E-state index contributed by atoms with van der Waals surface area (Å²) in [7, 11) is 1.81. The van der Waals surface area contributed by atoms with Gasteiger partial charge in [0.25, 0.3) is 0 Å². The van der Waals surface area contributed by atoms with Gasteiger partial charge in [0.05, 0.1) is 18.1 Å². The Morgan fingerprint density at radius 1 is 1.27 bits per heavy atom. The van der Waals surface area contributed by atoms with Crippen LogP contribution in [0.25, 0.3) is 0 Å². The van der Waals surface area contributed by atoms with E-state index in [0.29, 0.717) is 18.1 Å². The minimum absolute atomic E-state index is 0. The van der Waals surface area contributed by atoms with Crippen LogP contribution in [0, 0.1) is 28.6 Å². The summed E-state index contributed by atoms with van der Waals surface area (Å²) in [4.78, 5) is 4.37. The molecule has 6 heteroatoms. The van der Waals surface area contributed by atoms with Gasteiger partial charge < -0.3 is 15.4 Å². The first-order valence-corrected chi connectivity index (χ1v) is 8.09. The van der Waals surface area contributed by atoms with Gasteiger partial charge in [-0.15, -0.1) is 24.0 Å². The van der Waals surface area contributed by atoms with Crippen LogP contribution in [0.1, 0.15) is 39.5 Å². The summed E-state index contributed by atoms with van der Waals surface area (Å²) in [5.41, 5.74) is 0.142. The van der Waals surface area contributed by atoms with Crippen LogP contribution < -0.4 is 10.6 Å². The molecular formula is C16H27IN4O. The van der Waals surface area contributed by atoms with Crippen LogP contribution in [-0.4, -0.2) is 37.8 Å². The van der Waals surface area contributed by atoms with Gasteiger partial charge in [-0.2, -0.15) is 5.26 Å². The topological polar surface area (TPSA) is 69.4 Å². The Morgan fingerprint density at radius 3 is 2.73 bits per heavy atom. The van der Waals surface area contributed by atoms with Crippen molar-refractivity contribution in [1.29, 1.82) is 5.26 Å². The first-order chi connectivity index (χ1) is 10.1. The van der Waals surface area contributed by atoms with Crippen LogP contribution >= 0.6 is 24.0 Å². The van der Waals surface area contributed by atoms with Gasteiger partial charge in [0, 0.05) is 37.1 Å². The van der Waals surface area contributed by atoms with Crippen LogP contribution in [0.2, 0.25) is 0 Å². The zero-order valence-corrected chi connectivity index (χ0v) is 16.0. The van der Waals surface area contributed by atoms with E-state index < -0.39 is 0 Å². The summed E-state index contributed by atoms with van der Waals surface area (Å²) in [5, 5.41) is 16.2. The van der Waals surface area contributed by atoms with Gasteiger partial charge in [-0.3, -0.25) is 4.99 Å². The highest BCUT2D eigenvalue weighted by molar-refractivity contribution is 14.0. The molecule has 0 bridgehead atoms. The van der Waals surface area contributed by atoms with E-state index >= 15 is 0 Å². The minimum Gasteiger partial charge on any atom is -0.377 e.